The first-order chi connectivity index (χ1) is 11.7. The number of nitrogens with zero attached hydrogens (tertiary/aromatic N) is 2. The molecule has 1 aromatic carbocycles. The Morgan fingerprint density at radius 3 is 2.96 bits per heavy atom. The van der Waals surface area contributed by atoms with Gasteiger partial charge in [-0.3, -0.25) is 4.79 Å². The summed E-state index contributed by atoms with van der Waals surface area (Å²) in [6.45, 7) is 0. The third-order valence-corrected chi connectivity index (χ3v) is 5.31. The molecule has 128 valence electrons. The fraction of sp³-hybridized carbons (Fsp3) is 0.471. The summed E-state index contributed by atoms with van der Waals surface area (Å²) in [6.07, 6.45) is 5.25. The standard InChI is InChI=1S/C17H21N3O3S/c1-22-14-9-5-4-8-13(14)18-16(21)10-15-19-17(23-20-15)11-24-12-6-2-3-7-12/h4-5,8-9,12H,2-3,6-7,10-11H2,1H3,(H,18,21). The molecule has 1 N–H and O–H groups in total. The van der Waals surface area contributed by atoms with Crippen LogP contribution in [0.4, 0.5) is 5.69 Å². The molecule has 1 aliphatic carbocycles. The van der Waals surface area contributed by atoms with Gasteiger partial charge in [0.1, 0.15) is 5.75 Å². The zero-order chi connectivity index (χ0) is 16.8. The smallest absolute Gasteiger partial charge is 0.236 e. The normalized spacial score (nSPS) is 14.7. The largest absolute Gasteiger partial charge is 0.495 e. The predicted octanol–water partition coefficient (Wildman–Crippen LogP) is 3.44. The molecule has 1 saturated carbocycles. The summed E-state index contributed by atoms with van der Waals surface area (Å²) in [4.78, 5) is 16.4. The van der Waals surface area contributed by atoms with Crippen molar-refractivity contribution in [2.75, 3.05) is 12.4 Å². The van der Waals surface area contributed by atoms with Gasteiger partial charge in [-0.05, 0) is 25.0 Å². The van der Waals surface area contributed by atoms with Crippen LogP contribution in [0.1, 0.15) is 37.4 Å². The van der Waals surface area contributed by atoms with Gasteiger partial charge in [-0.25, -0.2) is 0 Å². The van der Waals surface area contributed by atoms with E-state index in [-0.39, 0.29) is 12.3 Å². The molecule has 24 heavy (non-hydrogen) atoms. The number of aromatic nitrogens is 2. The minimum absolute atomic E-state index is 0.0790. The summed E-state index contributed by atoms with van der Waals surface area (Å²) in [5.74, 6) is 2.13. The number of nitrogens with one attached hydrogen (secondary N) is 1. The van der Waals surface area contributed by atoms with Crippen LogP contribution in [0.25, 0.3) is 0 Å². The van der Waals surface area contributed by atoms with Crippen LogP contribution in [-0.4, -0.2) is 28.4 Å². The van der Waals surface area contributed by atoms with E-state index in [1.54, 1.807) is 19.2 Å². The van der Waals surface area contributed by atoms with Gasteiger partial charge in [0, 0.05) is 5.25 Å². The number of thioether (sulfide) groups is 1. The molecule has 0 unspecified atom stereocenters. The number of methoxy groups -OCH3 is 1. The number of benzene rings is 1. The van der Waals surface area contributed by atoms with Gasteiger partial charge in [0.05, 0.1) is 25.0 Å². The first-order valence-corrected chi connectivity index (χ1v) is 9.15. The third kappa shape index (κ3) is 4.50. The Morgan fingerprint density at radius 1 is 1.38 bits per heavy atom. The average molecular weight is 347 g/mol. The molecule has 0 atom stereocenters. The van der Waals surface area contributed by atoms with E-state index in [9.17, 15) is 4.79 Å². The van der Waals surface area contributed by atoms with Crippen LogP contribution >= 0.6 is 11.8 Å². The maximum atomic E-state index is 12.1. The Labute approximate surface area is 145 Å². The Kier molecular flexibility index (Phi) is 5.74. The maximum absolute atomic E-state index is 12.1. The van der Waals surface area contributed by atoms with Crippen LogP contribution in [-0.2, 0) is 17.0 Å². The number of ether oxygens (including phenoxy) is 1. The zero-order valence-corrected chi connectivity index (χ0v) is 14.5. The number of amides is 1. The Hall–Kier alpha value is -2.02. The van der Waals surface area contributed by atoms with Crippen molar-refractivity contribution < 1.29 is 14.1 Å². The SMILES string of the molecule is COc1ccccc1NC(=O)Cc1noc(CSC2CCCC2)n1. The van der Waals surface area contributed by atoms with Crippen LogP contribution in [0.15, 0.2) is 28.8 Å². The maximum Gasteiger partial charge on any atom is 0.236 e. The van der Waals surface area contributed by atoms with Gasteiger partial charge in [-0.1, -0.05) is 30.1 Å². The van der Waals surface area contributed by atoms with Crippen LogP contribution in [0.5, 0.6) is 5.75 Å². The zero-order valence-electron chi connectivity index (χ0n) is 13.7. The van der Waals surface area contributed by atoms with Gasteiger partial charge < -0.3 is 14.6 Å². The van der Waals surface area contributed by atoms with E-state index in [4.69, 9.17) is 9.26 Å². The van der Waals surface area contributed by atoms with Gasteiger partial charge in [-0.15, -0.1) is 11.8 Å². The number of anilines is 1. The lowest BCUT2D eigenvalue weighted by atomic mass is 10.2. The molecule has 0 radical (unpaired) electrons. The van der Waals surface area contributed by atoms with E-state index < -0.39 is 0 Å². The lowest BCUT2D eigenvalue weighted by molar-refractivity contribution is -0.115. The molecular weight excluding hydrogens is 326 g/mol. The lowest BCUT2D eigenvalue weighted by Gasteiger charge is -2.08. The summed E-state index contributed by atoms with van der Waals surface area (Å²) >= 11 is 1.86. The molecule has 0 aliphatic heterocycles. The average Bonchev–Trinajstić information content (AvgIpc) is 3.25. The van der Waals surface area contributed by atoms with Crippen molar-refractivity contribution in [1.82, 2.24) is 10.1 Å². The molecule has 2 aromatic rings. The Bertz CT molecular complexity index is 683. The van der Waals surface area contributed by atoms with Crippen molar-refractivity contribution in [3.63, 3.8) is 0 Å². The van der Waals surface area contributed by atoms with E-state index in [1.807, 2.05) is 23.9 Å². The second-order valence-electron chi connectivity index (χ2n) is 5.75. The summed E-state index contributed by atoms with van der Waals surface area (Å²) in [6, 6.07) is 7.27. The number of hydrogen-bond acceptors (Lipinski definition) is 6. The van der Waals surface area contributed by atoms with Crippen LogP contribution in [0.3, 0.4) is 0 Å². The number of hydrogen-bond donors (Lipinski definition) is 1. The van der Waals surface area contributed by atoms with E-state index in [1.165, 1.54) is 25.7 Å². The highest BCUT2D eigenvalue weighted by Crippen LogP contribution is 2.31. The quantitative estimate of drug-likeness (QED) is 0.827. The molecule has 1 aromatic heterocycles. The summed E-state index contributed by atoms with van der Waals surface area (Å²) < 4.78 is 10.4. The number of carbonyl (C=O) groups is 1. The van der Waals surface area contributed by atoms with Crippen molar-refractivity contribution in [3.05, 3.63) is 36.0 Å². The van der Waals surface area contributed by atoms with Gasteiger partial charge in [0.15, 0.2) is 5.82 Å². The monoisotopic (exact) mass is 347 g/mol. The van der Waals surface area contributed by atoms with Crippen molar-refractivity contribution in [2.24, 2.45) is 0 Å². The Morgan fingerprint density at radius 2 is 2.17 bits per heavy atom. The highest BCUT2D eigenvalue weighted by molar-refractivity contribution is 7.99. The second-order valence-corrected chi connectivity index (χ2v) is 7.04. The Balaban J connectivity index is 1.51. The van der Waals surface area contributed by atoms with E-state index in [2.05, 4.69) is 15.5 Å². The topological polar surface area (TPSA) is 77.2 Å². The summed E-state index contributed by atoms with van der Waals surface area (Å²) in [5, 5.41) is 7.40. The number of carbonyl (C=O) groups excluding carboxylic acids is 1. The molecule has 0 bridgehead atoms. The molecule has 1 aliphatic rings. The van der Waals surface area contributed by atoms with Gasteiger partial charge in [0.2, 0.25) is 11.8 Å². The first-order valence-electron chi connectivity index (χ1n) is 8.10. The third-order valence-electron chi connectivity index (χ3n) is 3.95. The van der Waals surface area contributed by atoms with Crippen LogP contribution < -0.4 is 10.1 Å². The van der Waals surface area contributed by atoms with Gasteiger partial charge >= 0.3 is 0 Å². The van der Waals surface area contributed by atoms with Crippen LogP contribution in [0, 0.1) is 0 Å². The molecule has 1 heterocycles. The minimum atomic E-state index is -0.199. The molecule has 0 saturated heterocycles. The number of para-hydroxylation sites is 2. The van der Waals surface area contributed by atoms with E-state index >= 15 is 0 Å². The molecular formula is C17H21N3O3S. The minimum Gasteiger partial charge on any atom is -0.495 e. The molecule has 6 nitrogen and oxygen atoms in total. The predicted molar refractivity (Wildman–Crippen MR) is 93.2 cm³/mol. The fourth-order valence-electron chi connectivity index (χ4n) is 2.75. The molecule has 1 amide bonds. The molecule has 0 spiro atoms. The first kappa shape index (κ1) is 16.8. The van der Waals surface area contributed by atoms with Crippen molar-refractivity contribution in [2.45, 2.75) is 43.1 Å². The molecule has 3 rings (SSSR count). The highest BCUT2D eigenvalue weighted by Gasteiger charge is 2.18. The molecule has 1 fully saturated rings. The van der Waals surface area contributed by atoms with E-state index in [0.717, 1.165) is 0 Å². The lowest BCUT2D eigenvalue weighted by Crippen LogP contribution is -2.15. The summed E-state index contributed by atoms with van der Waals surface area (Å²) in [7, 11) is 1.57. The van der Waals surface area contributed by atoms with Crippen molar-refractivity contribution in [3.8, 4) is 5.75 Å². The van der Waals surface area contributed by atoms with Crippen molar-refractivity contribution >= 4 is 23.4 Å². The second kappa shape index (κ2) is 8.19. The number of rotatable bonds is 7. The van der Waals surface area contributed by atoms with E-state index in [0.29, 0.717) is 34.2 Å². The molecule has 7 heteroatoms. The van der Waals surface area contributed by atoms with Crippen LogP contribution in [0.2, 0.25) is 0 Å². The van der Waals surface area contributed by atoms with Gasteiger partial charge in [0.25, 0.3) is 0 Å². The van der Waals surface area contributed by atoms with Gasteiger partial charge in [-0.2, -0.15) is 4.98 Å². The van der Waals surface area contributed by atoms with Crippen molar-refractivity contribution in [1.29, 1.82) is 0 Å². The summed E-state index contributed by atoms with van der Waals surface area (Å²) in [5.41, 5.74) is 0.630. The fourth-order valence-corrected chi connectivity index (χ4v) is 3.91. The highest BCUT2D eigenvalue weighted by atomic mass is 32.2.